The molecular weight excluding hydrogens is 300 g/mol. The molecule has 0 atom stereocenters. The lowest BCUT2D eigenvalue weighted by molar-refractivity contribution is -0.121. The van der Waals surface area contributed by atoms with Crippen LogP contribution in [0.4, 0.5) is 5.69 Å². The van der Waals surface area contributed by atoms with Gasteiger partial charge in [-0.2, -0.15) is 0 Å². The van der Waals surface area contributed by atoms with Gasteiger partial charge in [-0.15, -0.1) is 0 Å². The van der Waals surface area contributed by atoms with Crippen molar-refractivity contribution in [1.29, 1.82) is 10.8 Å². The summed E-state index contributed by atoms with van der Waals surface area (Å²) in [5.41, 5.74) is 3.47. The maximum Gasteiger partial charge on any atom is 0.236 e. The van der Waals surface area contributed by atoms with Crippen LogP contribution < -0.4 is 4.90 Å². The summed E-state index contributed by atoms with van der Waals surface area (Å²) in [6.45, 7) is 3.83. The second kappa shape index (κ2) is 5.67. The van der Waals surface area contributed by atoms with Gasteiger partial charge in [0.25, 0.3) is 0 Å². The molecule has 0 aliphatic carbocycles. The van der Waals surface area contributed by atoms with Crippen LogP contribution in [-0.2, 0) is 10.2 Å². The molecule has 0 saturated heterocycles. The molecule has 2 N–H and O–H groups in total. The first-order valence-corrected chi connectivity index (χ1v) is 7.80. The molecule has 2 aromatic rings. The van der Waals surface area contributed by atoms with Crippen molar-refractivity contribution < 1.29 is 4.79 Å². The molecule has 0 spiro atoms. The number of carbonyl (C=O) groups is 1. The van der Waals surface area contributed by atoms with E-state index in [1.165, 1.54) is 0 Å². The average molecular weight is 320 g/mol. The van der Waals surface area contributed by atoms with Gasteiger partial charge in [-0.25, -0.2) is 0 Å². The standard InChI is InChI=1S/C19H20N4O/c1-19(2)14-7-6-12(9-17(14)23(3)18(19)24)15(20)10-16(21)13-5-4-8-22-11-13/h4-9,11,20-21H,10H2,1-3H3. The maximum absolute atomic E-state index is 12.4. The summed E-state index contributed by atoms with van der Waals surface area (Å²) >= 11 is 0. The van der Waals surface area contributed by atoms with Gasteiger partial charge in [0.2, 0.25) is 5.91 Å². The Morgan fingerprint density at radius 2 is 1.88 bits per heavy atom. The zero-order valence-corrected chi connectivity index (χ0v) is 14.1. The van der Waals surface area contributed by atoms with E-state index in [0.717, 1.165) is 22.4 Å². The fraction of sp³-hybridized carbons (Fsp3) is 0.263. The number of pyridine rings is 1. The fourth-order valence-electron chi connectivity index (χ4n) is 3.09. The van der Waals surface area contributed by atoms with Gasteiger partial charge in [0.1, 0.15) is 0 Å². The van der Waals surface area contributed by atoms with Crippen molar-refractivity contribution in [3.05, 3.63) is 59.4 Å². The molecule has 1 aromatic heterocycles. The Morgan fingerprint density at radius 3 is 2.54 bits per heavy atom. The lowest BCUT2D eigenvalue weighted by Gasteiger charge is -2.16. The number of benzene rings is 1. The summed E-state index contributed by atoms with van der Waals surface area (Å²) in [4.78, 5) is 18.0. The Labute approximate surface area is 141 Å². The molecule has 1 aliphatic heterocycles. The quantitative estimate of drug-likeness (QED) is 0.848. The number of anilines is 1. The van der Waals surface area contributed by atoms with E-state index in [-0.39, 0.29) is 12.3 Å². The third-order valence-corrected chi connectivity index (χ3v) is 4.58. The molecule has 5 nitrogen and oxygen atoms in total. The van der Waals surface area contributed by atoms with E-state index in [2.05, 4.69) is 4.98 Å². The highest BCUT2D eigenvalue weighted by molar-refractivity contribution is 6.16. The molecule has 5 heteroatoms. The third-order valence-electron chi connectivity index (χ3n) is 4.58. The lowest BCUT2D eigenvalue weighted by Crippen LogP contribution is -2.33. The minimum absolute atomic E-state index is 0.0595. The predicted octanol–water partition coefficient (Wildman–Crippen LogP) is 3.16. The van der Waals surface area contributed by atoms with Crippen LogP contribution in [0.15, 0.2) is 42.7 Å². The summed E-state index contributed by atoms with van der Waals surface area (Å²) in [5.74, 6) is 0.0595. The molecule has 0 unspecified atom stereocenters. The van der Waals surface area contributed by atoms with Gasteiger partial charge >= 0.3 is 0 Å². The van der Waals surface area contributed by atoms with E-state index in [0.29, 0.717) is 11.4 Å². The summed E-state index contributed by atoms with van der Waals surface area (Å²) in [6.07, 6.45) is 3.52. The fourth-order valence-corrected chi connectivity index (χ4v) is 3.09. The van der Waals surface area contributed by atoms with Crippen LogP contribution in [0.25, 0.3) is 0 Å². The van der Waals surface area contributed by atoms with E-state index in [1.807, 2.05) is 38.1 Å². The van der Waals surface area contributed by atoms with Gasteiger partial charge in [0.15, 0.2) is 0 Å². The highest BCUT2D eigenvalue weighted by Crippen LogP contribution is 2.41. The maximum atomic E-state index is 12.4. The summed E-state index contributed by atoms with van der Waals surface area (Å²) in [7, 11) is 1.76. The van der Waals surface area contributed by atoms with Gasteiger partial charge in [0.05, 0.1) is 5.41 Å². The number of carbonyl (C=O) groups excluding carboxylic acids is 1. The molecule has 3 rings (SSSR count). The van der Waals surface area contributed by atoms with Crippen molar-refractivity contribution in [3.63, 3.8) is 0 Å². The summed E-state index contributed by atoms with van der Waals surface area (Å²) in [6, 6.07) is 9.27. The predicted molar refractivity (Wildman–Crippen MR) is 95.4 cm³/mol. The van der Waals surface area contributed by atoms with Gasteiger partial charge in [-0.05, 0) is 37.1 Å². The molecule has 0 fully saturated rings. The van der Waals surface area contributed by atoms with E-state index < -0.39 is 5.41 Å². The Morgan fingerprint density at radius 1 is 1.17 bits per heavy atom. The normalized spacial score (nSPS) is 15.3. The first kappa shape index (κ1) is 16.1. The number of hydrogen-bond acceptors (Lipinski definition) is 4. The molecule has 0 bridgehead atoms. The summed E-state index contributed by atoms with van der Waals surface area (Å²) < 4.78 is 0. The topological polar surface area (TPSA) is 80.9 Å². The molecule has 1 aromatic carbocycles. The average Bonchev–Trinajstić information content (AvgIpc) is 2.76. The van der Waals surface area contributed by atoms with E-state index in [9.17, 15) is 4.79 Å². The van der Waals surface area contributed by atoms with Crippen molar-refractivity contribution >= 4 is 23.0 Å². The lowest BCUT2D eigenvalue weighted by atomic mass is 9.85. The highest BCUT2D eigenvalue weighted by atomic mass is 16.2. The van der Waals surface area contributed by atoms with E-state index in [1.54, 1.807) is 30.4 Å². The van der Waals surface area contributed by atoms with Gasteiger partial charge in [0, 0.05) is 48.5 Å². The first-order chi connectivity index (χ1) is 11.3. The molecular formula is C19H20N4O. The molecule has 24 heavy (non-hydrogen) atoms. The number of amides is 1. The minimum Gasteiger partial charge on any atom is -0.314 e. The Kier molecular flexibility index (Phi) is 3.79. The number of nitrogens with zero attached hydrogens (tertiary/aromatic N) is 2. The zero-order valence-electron chi connectivity index (χ0n) is 14.1. The van der Waals surface area contributed by atoms with Crippen molar-refractivity contribution in [3.8, 4) is 0 Å². The van der Waals surface area contributed by atoms with Crippen LogP contribution in [0.1, 0.15) is 37.0 Å². The van der Waals surface area contributed by atoms with Crippen molar-refractivity contribution in [1.82, 2.24) is 4.98 Å². The van der Waals surface area contributed by atoms with Crippen molar-refractivity contribution in [2.24, 2.45) is 0 Å². The number of rotatable bonds is 4. The highest BCUT2D eigenvalue weighted by Gasteiger charge is 2.42. The number of hydrogen-bond donors (Lipinski definition) is 2. The molecule has 122 valence electrons. The van der Waals surface area contributed by atoms with Crippen LogP contribution in [0.2, 0.25) is 0 Å². The first-order valence-electron chi connectivity index (χ1n) is 7.80. The minimum atomic E-state index is -0.535. The Bertz CT molecular complexity index is 840. The SMILES string of the molecule is CN1C(=O)C(C)(C)c2ccc(C(=N)CC(=N)c3cccnc3)cc21. The van der Waals surface area contributed by atoms with Crippen LogP contribution in [0.5, 0.6) is 0 Å². The van der Waals surface area contributed by atoms with Gasteiger partial charge in [-0.3, -0.25) is 9.78 Å². The van der Waals surface area contributed by atoms with Crippen LogP contribution in [0, 0.1) is 10.8 Å². The molecule has 1 aliphatic rings. The number of likely N-dealkylation sites (N-methyl/N-ethyl adjacent to an activating group) is 1. The van der Waals surface area contributed by atoms with Crippen LogP contribution >= 0.6 is 0 Å². The Hall–Kier alpha value is -2.82. The molecule has 0 saturated carbocycles. The monoisotopic (exact) mass is 320 g/mol. The smallest absolute Gasteiger partial charge is 0.236 e. The van der Waals surface area contributed by atoms with Gasteiger partial charge in [-0.1, -0.05) is 18.2 Å². The van der Waals surface area contributed by atoms with Gasteiger partial charge < -0.3 is 15.7 Å². The molecule has 1 amide bonds. The number of fused-ring (bicyclic) bond motifs is 1. The van der Waals surface area contributed by atoms with Crippen LogP contribution in [0.3, 0.4) is 0 Å². The number of nitrogens with one attached hydrogen (secondary N) is 2. The zero-order chi connectivity index (χ0) is 17.5. The van der Waals surface area contributed by atoms with E-state index in [4.69, 9.17) is 10.8 Å². The van der Waals surface area contributed by atoms with Crippen molar-refractivity contribution in [2.75, 3.05) is 11.9 Å². The van der Waals surface area contributed by atoms with E-state index >= 15 is 0 Å². The molecule has 0 radical (unpaired) electrons. The third kappa shape index (κ3) is 2.52. The largest absolute Gasteiger partial charge is 0.314 e. The molecule has 2 heterocycles. The van der Waals surface area contributed by atoms with Crippen LogP contribution in [-0.4, -0.2) is 29.4 Å². The summed E-state index contributed by atoms with van der Waals surface area (Å²) in [5, 5.41) is 16.5. The number of aromatic nitrogens is 1. The van der Waals surface area contributed by atoms with Crippen molar-refractivity contribution in [2.45, 2.75) is 25.7 Å². The second-order valence-corrected chi connectivity index (χ2v) is 6.60. The second-order valence-electron chi connectivity index (χ2n) is 6.60. The Balaban J connectivity index is 1.86.